The molecule has 1 fully saturated rings. The first kappa shape index (κ1) is 25.3. The molecule has 1 N–H and O–H groups in total. The van der Waals surface area contributed by atoms with Crippen molar-refractivity contribution in [2.24, 2.45) is 0 Å². The highest BCUT2D eigenvalue weighted by Crippen LogP contribution is 2.53. The summed E-state index contributed by atoms with van der Waals surface area (Å²) >= 11 is 5.94. The average molecular weight is 555 g/mol. The lowest BCUT2D eigenvalue weighted by atomic mass is 9.80. The second-order valence-corrected chi connectivity index (χ2v) is 11.4. The molecule has 0 radical (unpaired) electrons. The van der Waals surface area contributed by atoms with Crippen molar-refractivity contribution in [3.63, 3.8) is 0 Å². The SMILES string of the molecule is O=C(Nc1cc(F)cc(F)c1)N1CCC[C@]2(S(=O)(=O)c3ccc(Cl)cc3)c3c(F)ccc(F)c3OC[C@H]12. The van der Waals surface area contributed by atoms with E-state index in [1.54, 1.807) is 0 Å². The summed E-state index contributed by atoms with van der Waals surface area (Å²) in [4.78, 5) is 14.2. The zero-order chi connectivity index (χ0) is 26.5. The lowest BCUT2D eigenvalue weighted by Crippen LogP contribution is -2.64. The molecule has 194 valence electrons. The Balaban J connectivity index is 1.67. The first-order chi connectivity index (χ1) is 17.5. The molecule has 2 aliphatic rings. The molecule has 2 atom stereocenters. The number of hydrogen-bond donors (Lipinski definition) is 1. The number of sulfone groups is 1. The number of fused-ring (bicyclic) bond motifs is 3. The summed E-state index contributed by atoms with van der Waals surface area (Å²) in [7, 11) is -4.49. The van der Waals surface area contributed by atoms with Crippen molar-refractivity contribution in [1.29, 1.82) is 0 Å². The normalized spacial score (nSPS) is 21.0. The van der Waals surface area contributed by atoms with Crippen molar-refractivity contribution in [3.8, 4) is 5.75 Å². The summed E-state index contributed by atoms with van der Waals surface area (Å²) < 4.78 is 89.4. The van der Waals surface area contributed by atoms with Crippen LogP contribution in [0.2, 0.25) is 5.02 Å². The van der Waals surface area contributed by atoms with Crippen LogP contribution >= 0.6 is 11.6 Å². The van der Waals surface area contributed by atoms with Gasteiger partial charge in [-0.2, -0.15) is 0 Å². The number of amides is 2. The first-order valence-electron chi connectivity index (χ1n) is 11.2. The summed E-state index contributed by atoms with van der Waals surface area (Å²) in [5.74, 6) is -4.35. The largest absolute Gasteiger partial charge is 0.488 e. The number of nitrogens with one attached hydrogen (secondary N) is 1. The van der Waals surface area contributed by atoms with Gasteiger partial charge in [0.05, 0.1) is 16.5 Å². The van der Waals surface area contributed by atoms with E-state index in [1.807, 2.05) is 0 Å². The fourth-order valence-corrected chi connectivity index (χ4v) is 7.64. The number of carbonyl (C=O) groups excluding carboxylic acids is 1. The third kappa shape index (κ3) is 4.10. The quantitative estimate of drug-likeness (QED) is 0.424. The maximum absolute atomic E-state index is 15.4. The van der Waals surface area contributed by atoms with E-state index in [4.69, 9.17) is 16.3 Å². The minimum Gasteiger partial charge on any atom is -0.488 e. The van der Waals surface area contributed by atoms with Crippen molar-refractivity contribution < 1.29 is 35.5 Å². The number of rotatable bonds is 3. The summed E-state index contributed by atoms with van der Waals surface area (Å²) in [6.45, 7) is -0.438. The molecule has 12 heteroatoms. The lowest BCUT2D eigenvalue weighted by Gasteiger charge is -2.51. The number of nitrogens with zero attached hydrogens (tertiary/aromatic N) is 1. The maximum atomic E-state index is 15.4. The summed E-state index contributed by atoms with van der Waals surface area (Å²) in [6, 6.07) is 7.10. The van der Waals surface area contributed by atoms with Crippen LogP contribution in [0.5, 0.6) is 5.75 Å². The van der Waals surface area contributed by atoms with Gasteiger partial charge in [0, 0.05) is 23.3 Å². The Bertz CT molecular complexity index is 1480. The van der Waals surface area contributed by atoms with Crippen LogP contribution in [0.3, 0.4) is 0 Å². The van der Waals surface area contributed by atoms with Crippen LogP contribution in [0.25, 0.3) is 0 Å². The number of ether oxygens (including phenoxy) is 1. The predicted molar refractivity (Wildman–Crippen MR) is 127 cm³/mol. The molecule has 0 bridgehead atoms. The number of benzene rings is 3. The number of urea groups is 1. The Morgan fingerprint density at radius 2 is 1.65 bits per heavy atom. The Morgan fingerprint density at radius 3 is 2.32 bits per heavy atom. The summed E-state index contributed by atoms with van der Waals surface area (Å²) in [6.07, 6.45) is -0.0403. The first-order valence-corrected chi connectivity index (χ1v) is 13.1. The number of carbonyl (C=O) groups is 1. The molecule has 3 aromatic carbocycles. The van der Waals surface area contributed by atoms with Crippen molar-refractivity contribution in [2.75, 3.05) is 18.5 Å². The van der Waals surface area contributed by atoms with Gasteiger partial charge >= 0.3 is 6.03 Å². The van der Waals surface area contributed by atoms with E-state index >= 15 is 4.39 Å². The number of halogens is 5. The standard InChI is InChI=1S/C25H19ClF4N2O4S/c26-14-2-4-18(5-3-14)37(34,35)25-8-1-9-32(24(33)31-17-11-15(27)10-16(28)12-17)21(25)13-36-23-20(30)7-6-19(29)22(23)25/h2-7,10-12,21H,1,8-9,13H2,(H,31,33)/t21-,25+/m0/s1. The third-order valence-electron chi connectivity index (χ3n) is 6.71. The van der Waals surface area contributed by atoms with Crippen molar-refractivity contribution >= 4 is 33.2 Å². The van der Waals surface area contributed by atoms with Gasteiger partial charge in [-0.1, -0.05) is 11.6 Å². The van der Waals surface area contributed by atoms with Gasteiger partial charge in [0.25, 0.3) is 0 Å². The highest BCUT2D eigenvalue weighted by molar-refractivity contribution is 7.92. The van der Waals surface area contributed by atoms with Crippen molar-refractivity contribution in [2.45, 2.75) is 28.5 Å². The molecule has 0 saturated carbocycles. The lowest BCUT2D eigenvalue weighted by molar-refractivity contribution is 0.0708. The number of hydrogen-bond acceptors (Lipinski definition) is 4. The second-order valence-electron chi connectivity index (χ2n) is 8.79. The van der Waals surface area contributed by atoms with E-state index in [0.717, 1.165) is 29.2 Å². The highest BCUT2D eigenvalue weighted by Gasteiger charge is 2.61. The van der Waals surface area contributed by atoms with Crippen LogP contribution in [0, 0.1) is 23.3 Å². The monoisotopic (exact) mass is 554 g/mol. The average Bonchev–Trinajstić information content (AvgIpc) is 2.84. The van der Waals surface area contributed by atoms with Crippen LogP contribution in [0.15, 0.2) is 59.5 Å². The smallest absolute Gasteiger partial charge is 0.322 e. The molecule has 2 amide bonds. The number of likely N-dealkylation sites (tertiary alicyclic amines) is 1. The molecule has 2 heterocycles. The van der Waals surface area contributed by atoms with Crippen LogP contribution in [0.4, 0.5) is 28.0 Å². The summed E-state index contributed by atoms with van der Waals surface area (Å²) in [5.41, 5.74) is -0.707. The molecular weight excluding hydrogens is 536 g/mol. The Labute approximate surface area is 214 Å². The fourth-order valence-electron chi connectivity index (χ4n) is 5.17. The molecule has 37 heavy (non-hydrogen) atoms. The molecular formula is C25H19ClF4N2O4S. The van der Waals surface area contributed by atoms with Gasteiger partial charge in [-0.3, -0.25) is 0 Å². The zero-order valence-electron chi connectivity index (χ0n) is 19.0. The van der Waals surface area contributed by atoms with E-state index in [1.165, 1.54) is 24.3 Å². The van der Waals surface area contributed by atoms with Gasteiger partial charge in [-0.15, -0.1) is 0 Å². The van der Waals surface area contributed by atoms with Gasteiger partial charge in [0.1, 0.15) is 28.8 Å². The molecule has 0 unspecified atom stereocenters. The highest BCUT2D eigenvalue weighted by atomic mass is 35.5. The maximum Gasteiger partial charge on any atom is 0.322 e. The molecule has 2 aliphatic heterocycles. The summed E-state index contributed by atoms with van der Waals surface area (Å²) in [5, 5.41) is 2.63. The number of anilines is 1. The Hall–Kier alpha value is -3.31. The molecule has 5 rings (SSSR count). The van der Waals surface area contributed by atoms with E-state index < -0.39 is 67.8 Å². The van der Waals surface area contributed by atoms with Crippen molar-refractivity contribution in [1.82, 2.24) is 4.90 Å². The van der Waals surface area contributed by atoms with E-state index in [9.17, 15) is 26.4 Å². The van der Waals surface area contributed by atoms with Gasteiger partial charge < -0.3 is 15.0 Å². The van der Waals surface area contributed by atoms with Crippen LogP contribution in [0.1, 0.15) is 18.4 Å². The van der Waals surface area contributed by atoms with E-state index in [2.05, 4.69) is 5.32 Å². The topological polar surface area (TPSA) is 75.7 Å². The predicted octanol–water partition coefficient (Wildman–Crippen LogP) is 5.65. The Kier molecular flexibility index (Phi) is 6.31. The minimum absolute atomic E-state index is 0.0296. The third-order valence-corrected chi connectivity index (χ3v) is 9.49. The van der Waals surface area contributed by atoms with Gasteiger partial charge in [-0.05, 0) is 61.4 Å². The van der Waals surface area contributed by atoms with Crippen molar-refractivity contribution in [3.05, 3.63) is 88.5 Å². The van der Waals surface area contributed by atoms with Gasteiger partial charge in [0.15, 0.2) is 21.4 Å². The molecule has 0 aromatic heterocycles. The zero-order valence-corrected chi connectivity index (χ0v) is 20.6. The molecule has 3 aromatic rings. The van der Waals surface area contributed by atoms with E-state index in [0.29, 0.717) is 6.07 Å². The molecule has 1 saturated heterocycles. The van der Waals surface area contributed by atoms with Crippen LogP contribution < -0.4 is 10.1 Å². The van der Waals surface area contributed by atoms with Gasteiger partial charge in [0.2, 0.25) is 0 Å². The van der Waals surface area contributed by atoms with Crippen LogP contribution in [-0.4, -0.2) is 38.5 Å². The fraction of sp³-hybridized carbons (Fsp3) is 0.240. The molecule has 6 nitrogen and oxygen atoms in total. The van der Waals surface area contributed by atoms with E-state index in [-0.39, 0.29) is 35.0 Å². The Morgan fingerprint density at radius 1 is 1.00 bits per heavy atom. The molecule has 0 spiro atoms. The number of piperidine rings is 1. The molecule has 0 aliphatic carbocycles. The second kappa shape index (κ2) is 9.21. The van der Waals surface area contributed by atoms with Crippen LogP contribution in [-0.2, 0) is 14.6 Å². The minimum atomic E-state index is -4.49. The van der Waals surface area contributed by atoms with Gasteiger partial charge in [-0.25, -0.2) is 30.8 Å².